The monoisotopic (exact) mass is 285 g/mol. The zero-order valence-electron chi connectivity index (χ0n) is 12.0. The zero-order chi connectivity index (χ0) is 14.8. The predicted molar refractivity (Wildman–Crippen MR) is 80.3 cm³/mol. The van der Waals surface area contributed by atoms with Crippen LogP contribution in [0.3, 0.4) is 0 Å². The molecule has 1 atom stereocenters. The van der Waals surface area contributed by atoms with E-state index in [9.17, 15) is 4.39 Å². The number of benzene rings is 2. The van der Waals surface area contributed by atoms with Crippen LogP contribution in [0.1, 0.15) is 22.6 Å². The molecule has 0 amide bonds. The van der Waals surface area contributed by atoms with Gasteiger partial charge in [0.25, 0.3) is 0 Å². The largest absolute Gasteiger partial charge is 0.493 e. The van der Waals surface area contributed by atoms with Crippen molar-refractivity contribution in [2.24, 2.45) is 4.99 Å². The Hall–Kier alpha value is -2.36. The Labute approximate surface area is 123 Å². The minimum atomic E-state index is -0.231. The summed E-state index contributed by atoms with van der Waals surface area (Å²) in [7, 11) is 3.23. The summed E-state index contributed by atoms with van der Waals surface area (Å²) >= 11 is 0. The highest BCUT2D eigenvalue weighted by atomic mass is 19.1. The standard InChI is InChI=1S/C17H16FNO2/c1-20-16-7-12-9-19-10-15(14(12)8-17(16)21-2)11-3-5-13(18)6-4-11/h3-9,15H,10H2,1-2H3/t15-/m0/s1. The molecule has 0 aliphatic carbocycles. The summed E-state index contributed by atoms with van der Waals surface area (Å²) < 4.78 is 23.8. The first-order valence-corrected chi connectivity index (χ1v) is 6.74. The highest BCUT2D eigenvalue weighted by Crippen LogP contribution is 2.37. The van der Waals surface area contributed by atoms with Crippen LogP contribution in [0.25, 0.3) is 0 Å². The Kier molecular flexibility index (Phi) is 3.60. The third-order valence-corrected chi connectivity index (χ3v) is 3.76. The predicted octanol–water partition coefficient (Wildman–Crippen LogP) is 3.41. The van der Waals surface area contributed by atoms with Crippen LogP contribution >= 0.6 is 0 Å². The van der Waals surface area contributed by atoms with Gasteiger partial charge in [0.15, 0.2) is 11.5 Å². The summed E-state index contributed by atoms with van der Waals surface area (Å²) in [5, 5.41) is 0. The molecule has 0 unspecified atom stereocenters. The number of halogens is 1. The van der Waals surface area contributed by atoms with Gasteiger partial charge in [0.05, 0.1) is 14.2 Å². The molecular formula is C17H16FNO2. The zero-order valence-corrected chi connectivity index (χ0v) is 12.0. The molecule has 0 saturated carbocycles. The van der Waals surface area contributed by atoms with Crippen molar-refractivity contribution in [1.82, 2.24) is 0 Å². The van der Waals surface area contributed by atoms with Crippen molar-refractivity contribution in [1.29, 1.82) is 0 Å². The van der Waals surface area contributed by atoms with Crippen LogP contribution in [0, 0.1) is 5.82 Å². The van der Waals surface area contributed by atoms with Gasteiger partial charge in [-0.15, -0.1) is 0 Å². The third-order valence-electron chi connectivity index (χ3n) is 3.76. The molecule has 108 valence electrons. The van der Waals surface area contributed by atoms with E-state index in [-0.39, 0.29) is 11.7 Å². The van der Waals surface area contributed by atoms with E-state index >= 15 is 0 Å². The summed E-state index contributed by atoms with van der Waals surface area (Å²) in [5.41, 5.74) is 3.17. The molecule has 0 bridgehead atoms. The fraction of sp³-hybridized carbons (Fsp3) is 0.235. The fourth-order valence-corrected chi connectivity index (χ4v) is 2.66. The van der Waals surface area contributed by atoms with Crippen LogP contribution in [0.4, 0.5) is 4.39 Å². The molecule has 4 heteroatoms. The van der Waals surface area contributed by atoms with Crippen molar-refractivity contribution in [3.8, 4) is 11.5 Å². The lowest BCUT2D eigenvalue weighted by atomic mass is 9.86. The second-order valence-corrected chi connectivity index (χ2v) is 4.93. The molecule has 0 N–H and O–H groups in total. The molecule has 1 aliphatic rings. The minimum Gasteiger partial charge on any atom is -0.493 e. The maximum Gasteiger partial charge on any atom is 0.161 e. The lowest BCUT2D eigenvalue weighted by Crippen LogP contribution is -2.13. The SMILES string of the molecule is COc1cc2c(cc1OC)[C@H](c1ccc(F)cc1)CN=C2. The van der Waals surface area contributed by atoms with E-state index in [1.54, 1.807) is 26.4 Å². The van der Waals surface area contributed by atoms with E-state index in [4.69, 9.17) is 9.47 Å². The maximum absolute atomic E-state index is 13.1. The molecule has 1 aliphatic heterocycles. The van der Waals surface area contributed by atoms with Gasteiger partial charge in [0.2, 0.25) is 0 Å². The van der Waals surface area contributed by atoms with Crippen molar-refractivity contribution < 1.29 is 13.9 Å². The highest BCUT2D eigenvalue weighted by Gasteiger charge is 2.22. The maximum atomic E-state index is 13.1. The van der Waals surface area contributed by atoms with Crippen molar-refractivity contribution in [3.05, 3.63) is 58.9 Å². The summed E-state index contributed by atoms with van der Waals surface area (Å²) in [5.74, 6) is 1.25. The van der Waals surface area contributed by atoms with E-state index in [1.165, 1.54) is 12.1 Å². The Balaban J connectivity index is 2.08. The van der Waals surface area contributed by atoms with Crippen molar-refractivity contribution >= 4 is 6.21 Å². The number of hydrogen-bond donors (Lipinski definition) is 0. The number of ether oxygens (including phenoxy) is 2. The number of methoxy groups -OCH3 is 2. The molecule has 2 aromatic carbocycles. The Morgan fingerprint density at radius 1 is 1.05 bits per heavy atom. The van der Waals surface area contributed by atoms with Crippen molar-refractivity contribution in [3.63, 3.8) is 0 Å². The number of aliphatic imine (C=N–C) groups is 1. The molecule has 2 aromatic rings. The van der Waals surface area contributed by atoms with Crippen molar-refractivity contribution in [2.45, 2.75) is 5.92 Å². The average molecular weight is 285 g/mol. The number of fused-ring (bicyclic) bond motifs is 1. The van der Waals surface area contributed by atoms with Gasteiger partial charge >= 0.3 is 0 Å². The second-order valence-electron chi connectivity index (χ2n) is 4.93. The van der Waals surface area contributed by atoms with Crippen LogP contribution in [0.5, 0.6) is 11.5 Å². The Morgan fingerprint density at radius 3 is 2.38 bits per heavy atom. The molecule has 21 heavy (non-hydrogen) atoms. The molecule has 0 fully saturated rings. The quantitative estimate of drug-likeness (QED) is 0.865. The second kappa shape index (κ2) is 5.56. The highest BCUT2D eigenvalue weighted by molar-refractivity contribution is 5.85. The molecule has 0 spiro atoms. The smallest absolute Gasteiger partial charge is 0.161 e. The minimum absolute atomic E-state index is 0.102. The molecule has 0 aromatic heterocycles. The van der Waals surface area contributed by atoms with Crippen LogP contribution < -0.4 is 9.47 Å². The Bertz CT molecular complexity index is 680. The third kappa shape index (κ3) is 2.49. The molecule has 3 nitrogen and oxygen atoms in total. The van der Waals surface area contributed by atoms with Gasteiger partial charge in [0, 0.05) is 24.2 Å². The van der Waals surface area contributed by atoms with Gasteiger partial charge in [-0.25, -0.2) is 4.39 Å². The topological polar surface area (TPSA) is 30.8 Å². The summed E-state index contributed by atoms with van der Waals surface area (Å²) in [4.78, 5) is 4.41. The fourth-order valence-electron chi connectivity index (χ4n) is 2.66. The Morgan fingerprint density at radius 2 is 1.71 bits per heavy atom. The van der Waals surface area contributed by atoms with Gasteiger partial charge in [-0.2, -0.15) is 0 Å². The average Bonchev–Trinajstić information content (AvgIpc) is 2.53. The van der Waals surface area contributed by atoms with Crippen LogP contribution in [-0.2, 0) is 0 Å². The molecule has 0 saturated heterocycles. The normalized spacial score (nSPS) is 16.4. The first-order chi connectivity index (χ1) is 10.2. The van der Waals surface area contributed by atoms with Crippen molar-refractivity contribution in [2.75, 3.05) is 20.8 Å². The van der Waals surface area contributed by atoms with E-state index in [1.807, 2.05) is 18.3 Å². The summed E-state index contributed by atoms with van der Waals surface area (Å²) in [6.07, 6.45) is 1.84. The van der Waals surface area contributed by atoms with E-state index in [2.05, 4.69) is 4.99 Å². The number of nitrogens with zero attached hydrogens (tertiary/aromatic N) is 1. The first kappa shape index (κ1) is 13.6. The van der Waals surface area contributed by atoms with Gasteiger partial charge in [-0.1, -0.05) is 12.1 Å². The first-order valence-electron chi connectivity index (χ1n) is 6.74. The summed E-state index contributed by atoms with van der Waals surface area (Å²) in [6, 6.07) is 10.5. The van der Waals surface area contributed by atoms with Crippen LogP contribution in [0.15, 0.2) is 41.4 Å². The summed E-state index contributed by atoms with van der Waals surface area (Å²) in [6.45, 7) is 0.647. The van der Waals surface area contributed by atoms with Gasteiger partial charge < -0.3 is 9.47 Å². The van der Waals surface area contributed by atoms with Gasteiger partial charge in [-0.3, -0.25) is 4.99 Å². The number of rotatable bonds is 3. The molecular weight excluding hydrogens is 269 g/mol. The molecule has 0 radical (unpaired) electrons. The van der Waals surface area contributed by atoms with E-state index < -0.39 is 0 Å². The van der Waals surface area contributed by atoms with E-state index in [0.717, 1.165) is 16.7 Å². The lowest BCUT2D eigenvalue weighted by Gasteiger charge is -2.23. The van der Waals surface area contributed by atoms with Gasteiger partial charge in [0.1, 0.15) is 5.82 Å². The molecule has 3 rings (SSSR count). The van der Waals surface area contributed by atoms with E-state index in [0.29, 0.717) is 18.0 Å². The van der Waals surface area contributed by atoms with Crippen LogP contribution in [-0.4, -0.2) is 27.0 Å². The van der Waals surface area contributed by atoms with Crippen LogP contribution in [0.2, 0.25) is 0 Å². The van der Waals surface area contributed by atoms with Gasteiger partial charge in [-0.05, 0) is 35.4 Å². The molecule has 1 heterocycles. The lowest BCUT2D eigenvalue weighted by molar-refractivity contribution is 0.354. The number of hydrogen-bond acceptors (Lipinski definition) is 3.